The van der Waals surface area contributed by atoms with Crippen LogP contribution in [0.25, 0.3) is 0 Å². The minimum atomic E-state index is -0.662. The molecule has 0 heterocycles. The molecule has 6 heteroatoms. The zero-order valence-electron chi connectivity index (χ0n) is 47.7. The maximum Gasteiger partial charge on any atom is 0.305 e. The van der Waals surface area contributed by atoms with E-state index in [4.69, 9.17) is 4.74 Å². The Bertz CT molecular complexity index is 1150. The first-order chi connectivity index (χ1) is 35.0. The van der Waals surface area contributed by atoms with Crippen LogP contribution in [0.3, 0.4) is 0 Å². The van der Waals surface area contributed by atoms with Crippen molar-refractivity contribution in [1.82, 2.24) is 5.32 Å². The van der Waals surface area contributed by atoms with Crippen molar-refractivity contribution in [2.75, 3.05) is 13.2 Å². The van der Waals surface area contributed by atoms with Crippen molar-refractivity contribution in [3.63, 3.8) is 0 Å². The average Bonchev–Trinajstić information content (AvgIpc) is 3.37. The van der Waals surface area contributed by atoms with Gasteiger partial charge >= 0.3 is 5.97 Å². The Labute approximate surface area is 443 Å². The number of esters is 1. The van der Waals surface area contributed by atoms with Crippen LogP contribution in [0.2, 0.25) is 0 Å². The second-order valence-corrected chi connectivity index (χ2v) is 21.7. The Kier molecular flexibility index (Phi) is 59.0. The van der Waals surface area contributed by atoms with Crippen molar-refractivity contribution in [1.29, 1.82) is 0 Å². The van der Waals surface area contributed by atoms with E-state index < -0.39 is 12.1 Å². The summed E-state index contributed by atoms with van der Waals surface area (Å²) in [5, 5.41) is 23.2. The van der Waals surface area contributed by atoms with Gasteiger partial charge in [-0.2, -0.15) is 0 Å². The van der Waals surface area contributed by atoms with Gasteiger partial charge in [-0.05, 0) is 83.5 Å². The predicted molar refractivity (Wildman–Crippen MR) is 310 cm³/mol. The summed E-state index contributed by atoms with van der Waals surface area (Å²) >= 11 is 0. The molecule has 0 saturated carbocycles. The molecule has 1 amide bonds. The molecule has 0 spiro atoms. The third kappa shape index (κ3) is 57.2. The lowest BCUT2D eigenvalue weighted by molar-refractivity contribution is -0.143. The monoisotopic (exact) mass is 998 g/mol. The van der Waals surface area contributed by atoms with Gasteiger partial charge in [-0.1, -0.05) is 281 Å². The number of rotatable bonds is 59. The summed E-state index contributed by atoms with van der Waals surface area (Å²) in [7, 11) is 0. The predicted octanol–water partition coefficient (Wildman–Crippen LogP) is 20.0. The Morgan fingerprint density at radius 2 is 0.704 bits per heavy atom. The standard InChI is InChI=1S/C65H123NO5/c1-3-5-7-9-11-13-15-16-32-36-39-43-47-51-55-59-65(70)71-60-56-52-48-44-40-37-34-31-29-27-25-23-21-19-17-18-20-22-24-26-28-30-33-35-38-42-46-50-54-58-64(69)66-62(61-67)63(68)57-53-49-45-41-14-12-10-8-6-4-2/h11,13,16-17,19,32,62-63,67-68H,3-10,12,14-15,18,20-31,33-61H2,1-2H3,(H,66,69)/b13-11-,19-17-,32-16-. The van der Waals surface area contributed by atoms with Gasteiger partial charge in [-0.3, -0.25) is 9.59 Å². The highest BCUT2D eigenvalue weighted by atomic mass is 16.5. The largest absolute Gasteiger partial charge is 0.466 e. The molecule has 0 aromatic rings. The summed E-state index contributed by atoms with van der Waals surface area (Å²) in [6.45, 7) is 4.92. The minimum Gasteiger partial charge on any atom is -0.466 e. The van der Waals surface area contributed by atoms with Gasteiger partial charge in [0, 0.05) is 12.8 Å². The zero-order chi connectivity index (χ0) is 51.4. The molecule has 0 rings (SSSR count). The molecule has 0 aromatic heterocycles. The van der Waals surface area contributed by atoms with Crippen molar-refractivity contribution in [2.45, 2.75) is 353 Å². The molecule has 6 nitrogen and oxygen atoms in total. The van der Waals surface area contributed by atoms with E-state index in [0.29, 0.717) is 25.9 Å². The van der Waals surface area contributed by atoms with Crippen molar-refractivity contribution in [2.24, 2.45) is 0 Å². The van der Waals surface area contributed by atoms with Gasteiger partial charge in [-0.25, -0.2) is 0 Å². The van der Waals surface area contributed by atoms with E-state index in [1.807, 2.05) is 0 Å². The number of aliphatic hydroxyl groups is 2. The van der Waals surface area contributed by atoms with Gasteiger partial charge in [0.2, 0.25) is 5.91 Å². The maximum absolute atomic E-state index is 12.4. The molecule has 0 aromatic carbocycles. The number of carbonyl (C=O) groups excluding carboxylic acids is 2. The van der Waals surface area contributed by atoms with Gasteiger partial charge in [0.25, 0.3) is 0 Å². The summed E-state index contributed by atoms with van der Waals surface area (Å²) in [4.78, 5) is 24.5. The number of hydrogen-bond acceptors (Lipinski definition) is 5. The van der Waals surface area contributed by atoms with Crippen molar-refractivity contribution in [3.8, 4) is 0 Å². The van der Waals surface area contributed by atoms with Gasteiger partial charge in [-0.15, -0.1) is 0 Å². The lowest BCUT2D eigenvalue weighted by Gasteiger charge is -2.22. The lowest BCUT2D eigenvalue weighted by Crippen LogP contribution is -2.45. The number of aliphatic hydroxyl groups excluding tert-OH is 2. The number of nitrogens with one attached hydrogen (secondary N) is 1. The number of ether oxygens (including phenoxy) is 1. The molecule has 0 fully saturated rings. The molecule has 0 aliphatic carbocycles. The van der Waals surface area contributed by atoms with Crippen LogP contribution >= 0.6 is 0 Å². The normalized spacial score (nSPS) is 12.8. The van der Waals surface area contributed by atoms with E-state index in [2.05, 4.69) is 55.6 Å². The first-order valence-electron chi connectivity index (χ1n) is 31.7. The number of amides is 1. The Morgan fingerprint density at radius 3 is 1.11 bits per heavy atom. The molecule has 2 unspecified atom stereocenters. The van der Waals surface area contributed by atoms with E-state index in [0.717, 1.165) is 51.4 Å². The maximum atomic E-state index is 12.4. The second kappa shape index (κ2) is 60.6. The highest BCUT2D eigenvalue weighted by Crippen LogP contribution is 2.17. The van der Waals surface area contributed by atoms with E-state index in [1.54, 1.807) is 0 Å². The molecule has 2 atom stereocenters. The first kappa shape index (κ1) is 69.1. The van der Waals surface area contributed by atoms with Gasteiger partial charge in [0.05, 0.1) is 25.4 Å². The van der Waals surface area contributed by atoms with E-state index in [9.17, 15) is 19.8 Å². The van der Waals surface area contributed by atoms with Crippen molar-refractivity contribution < 1.29 is 24.5 Å². The molecule has 0 aliphatic rings. The number of allylic oxidation sites excluding steroid dienone is 6. The lowest BCUT2D eigenvalue weighted by atomic mass is 10.0. The van der Waals surface area contributed by atoms with E-state index >= 15 is 0 Å². The van der Waals surface area contributed by atoms with Crippen molar-refractivity contribution >= 4 is 11.9 Å². The van der Waals surface area contributed by atoms with Gasteiger partial charge in [0.1, 0.15) is 0 Å². The van der Waals surface area contributed by atoms with Gasteiger partial charge < -0.3 is 20.3 Å². The summed E-state index contributed by atoms with van der Waals surface area (Å²) in [5.74, 6) is -0.0328. The summed E-state index contributed by atoms with van der Waals surface area (Å²) in [6.07, 6.45) is 76.0. The van der Waals surface area contributed by atoms with Crippen LogP contribution in [0.1, 0.15) is 341 Å². The molecular weight excluding hydrogens is 875 g/mol. The Balaban J connectivity index is 3.35. The van der Waals surface area contributed by atoms with Crippen LogP contribution in [0.5, 0.6) is 0 Å². The quantitative estimate of drug-likeness (QED) is 0.0321. The van der Waals surface area contributed by atoms with Crippen molar-refractivity contribution in [3.05, 3.63) is 36.5 Å². The molecule has 0 aliphatic heterocycles. The smallest absolute Gasteiger partial charge is 0.305 e. The fourth-order valence-electron chi connectivity index (χ4n) is 9.78. The van der Waals surface area contributed by atoms with Gasteiger partial charge in [0.15, 0.2) is 0 Å². The fraction of sp³-hybridized carbons (Fsp3) is 0.877. The Morgan fingerprint density at radius 1 is 0.394 bits per heavy atom. The van der Waals surface area contributed by atoms with Crippen LogP contribution in [0.15, 0.2) is 36.5 Å². The van der Waals surface area contributed by atoms with Crippen LogP contribution in [0.4, 0.5) is 0 Å². The molecule has 418 valence electrons. The van der Waals surface area contributed by atoms with E-state index in [-0.39, 0.29) is 18.5 Å². The number of carbonyl (C=O) groups is 2. The van der Waals surface area contributed by atoms with Crippen LogP contribution in [0, 0.1) is 0 Å². The summed E-state index contributed by atoms with van der Waals surface area (Å²) in [5.41, 5.74) is 0. The van der Waals surface area contributed by atoms with E-state index in [1.165, 1.54) is 257 Å². The number of unbranched alkanes of at least 4 members (excludes halogenated alkanes) is 42. The number of hydrogen-bond donors (Lipinski definition) is 3. The Hall–Kier alpha value is -1.92. The first-order valence-corrected chi connectivity index (χ1v) is 31.7. The minimum absolute atomic E-state index is 0.00237. The van der Waals surface area contributed by atoms with Crippen LogP contribution < -0.4 is 5.32 Å². The van der Waals surface area contributed by atoms with Crippen LogP contribution in [-0.2, 0) is 14.3 Å². The molecule has 0 radical (unpaired) electrons. The highest BCUT2D eigenvalue weighted by molar-refractivity contribution is 5.76. The second-order valence-electron chi connectivity index (χ2n) is 21.7. The third-order valence-corrected chi connectivity index (χ3v) is 14.7. The zero-order valence-corrected chi connectivity index (χ0v) is 47.7. The summed E-state index contributed by atoms with van der Waals surface area (Å²) < 4.78 is 5.48. The highest BCUT2D eigenvalue weighted by Gasteiger charge is 2.20. The molecule has 0 saturated heterocycles. The molecule has 3 N–H and O–H groups in total. The third-order valence-electron chi connectivity index (χ3n) is 14.7. The van der Waals surface area contributed by atoms with Crippen LogP contribution in [-0.4, -0.2) is 47.4 Å². The topological polar surface area (TPSA) is 95.9 Å². The molecular formula is C65H123NO5. The average molecular weight is 999 g/mol. The molecule has 71 heavy (non-hydrogen) atoms. The summed E-state index contributed by atoms with van der Waals surface area (Å²) in [6, 6.07) is -0.539. The SMILES string of the molecule is CCCCC/C=C\C/C=C\CCCCCCCC(=O)OCCCCCCCCCCCCCC/C=C\CCCCCCCCCCCCCCCC(=O)NC(CO)C(O)CCCCCCCCCCCC. The fourth-order valence-corrected chi connectivity index (χ4v) is 9.78. The molecule has 0 bridgehead atoms.